The first-order valence-corrected chi connectivity index (χ1v) is 8.01. The predicted octanol–water partition coefficient (Wildman–Crippen LogP) is 2.92. The summed E-state index contributed by atoms with van der Waals surface area (Å²) in [6, 6.07) is 6.97. The fourth-order valence-corrected chi connectivity index (χ4v) is 2.12. The number of halogens is 1. The van der Waals surface area contributed by atoms with Gasteiger partial charge in [-0.25, -0.2) is 0 Å². The van der Waals surface area contributed by atoms with Gasteiger partial charge in [-0.3, -0.25) is 9.59 Å². The standard InChI is InChI=1S/C17H27N3O2.ClH/c1-4-7-16(21)19-15-10-8-14(9-11-15)17(22)18-12-13-20(5-2)6-3;/h8-11H,4-7,12-13H2,1-3H3,(H,18,22)(H,19,21);1H. The maximum Gasteiger partial charge on any atom is 0.251 e. The van der Waals surface area contributed by atoms with Gasteiger partial charge in [0, 0.05) is 30.8 Å². The second kappa shape index (κ2) is 11.9. The van der Waals surface area contributed by atoms with E-state index < -0.39 is 0 Å². The molecule has 6 heteroatoms. The van der Waals surface area contributed by atoms with Crippen molar-refractivity contribution in [2.75, 3.05) is 31.5 Å². The Labute approximate surface area is 145 Å². The highest BCUT2D eigenvalue weighted by Crippen LogP contribution is 2.10. The highest BCUT2D eigenvalue weighted by atomic mass is 35.5. The summed E-state index contributed by atoms with van der Waals surface area (Å²) in [7, 11) is 0. The average Bonchev–Trinajstić information content (AvgIpc) is 2.52. The van der Waals surface area contributed by atoms with Gasteiger partial charge >= 0.3 is 0 Å². The minimum Gasteiger partial charge on any atom is -0.351 e. The fourth-order valence-electron chi connectivity index (χ4n) is 2.12. The second-order valence-electron chi connectivity index (χ2n) is 5.16. The molecule has 0 bridgehead atoms. The molecule has 0 fully saturated rings. The van der Waals surface area contributed by atoms with Crippen molar-refractivity contribution >= 4 is 29.9 Å². The fraction of sp³-hybridized carbons (Fsp3) is 0.529. The first kappa shape index (κ1) is 21.4. The lowest BCUT2D eigenvalue weighted by Gasteiger charge is -2.17. The Morgan fingerprint density at radius 2 is 1.65 bits per heavy atom. The second-order valence-corrected chi connectivity index (χ2v) is 5.16. The number of hydrogen-bond acceptors (Lipinski definition) is 3. The molecule has 0 aromatic heterocycles. The molecule has 0 saturated carbocycles. The molecule has 0 aliphatic carbocycles. The van der Waals surface area contributed by atoms with Crippen molar-refractivity contribution in [1.29, 1.82) is 0 Å². The van der Waals surface area contributed by atoms with Gasteiger partial charge in [-0.1, -0.05) is 20.8 Å². The molecule has 2 amide bonds. The number of benzene rings is 1. The molecule has 5 nitrogen and oxygen atoms in total. The van der Waals surface area contributed by atoms with Gasteiger partial charge < -0.3 is 15.5 Å². The van der Waals surface area contributed by atoms with Crippen LogP contribution in [0.25, 0.3) is 0 Å². The third kappa shape index (κ3) is 8.00. The molecule has 0 aliphatic heterocycles. The van der Waals surface area contributed by atoms with Gasteiger partial charge in [0.2, 0.25) is 5.91 Å². The van der Waals surface area contributed by atoms with Crippen molar-refractivity contribution in [1.82, 2.24) is 10.2 Å². The van der Waals surface area contributed by atoms with Crippen molar-refractivity contribution in [3.05, 3.63) is 29.8 Å². The molecule has 23 heavy (non-hydrogen) atoms. The number of carbonyl (C=O) groups is 2. The van der Waals surface area contributed by atoms with Gasteiger partial charge in [0.05, 0.1) is 0 Å². The molecule has 0 unspecified atom stereocenters. The monoisotopic (exact) mass is 341 g/mol. The summed E-state index contributed by atoms with van der Waals surface area (Å²) < 4.78 is 0. The average molecular weight is 342 g/mol. The molecule has 2 N–H and O–H groups in total. The van der Waals surface area contributed by atoms with Crippen LogP contribution in [-0.2, 0) is 4.79 Å². The van der Waals surface area contributed by atoms with Gasteiger partial charge in [-0.15, -0.1) is 12.4 Å². The first-order valence-electron chi connectivity index (χ1n) is 8.01. The molecule has 130 valence electrons. The predicted molar refractivity (Wildman–Crippen MR) is 97.3 cm³/mol. The van der Waals surface area contributed by atoms with Crippen molar-refractivity contribution in [3.8, 4) is 0 Å². The minimum absolute atomic E-state index is 0. The number of nitrogens with one attached hydrogen (secondary N) is 2. The van der Waals surface area contributed by atoms with Gasteiger partial charge in [-0.05, 0) is 43.8 Å². The Morgan fingerprint density at radius 3 is 2.17 bits per heavy atom. The summed E-state index contributed by atoms with van der Waals surface area (Å²) >= 11 is 0. The summed E-state index contributed by atoms with van der Waals surface area (Å²) in [4.78, 5) is 25.8. The van der Waals surface area contributed by atoms with Crippen LogP contribution in [0.3, 0.4) is 0 Å². The molecule has 0 atom stereocenters. The Kier molecular flexibility index (Phi) is 11.1. The Balaban J connectivity index is 0.00000484. The lowest BCUT2D eigenvalue weighted by molar-refractivity contribution is -0.116. The van der Waals surface area contributed by atoms with Crippen LogP contribution >= 0.6 is 12.4 Å². The molecular formula is C17H28ClN3O2. The van der Waals surface area contributed by atoms with Gasteiger partial charge in [0.15, 0.2) is 0 Å². The number of hydrogen-bond donors (Lipinski definition) is 2. The minimum atomic E-state index is -0.0846. The van der Waals surface area contributed by atoms with Crippen LogP contribution in [0.5, 0.6) is 0 Å². The molecule has 1 aromatic carbocycles. The van der Waals surface area contributed by atoms with Crippen molar-refractivity contribution < 1.29 is 9.59 Å². The molecule has 0 saturated heterocycles. The zero-order valence-corrected chi connectivity index (χ0v) is 15.0. The smallest absolute Gasteiger partial charge is 0.251 e. The van der Waals surface area contributed by atoms with Crippen LogP contribution < -0.4 is 10.6 Å². The highest BCUT2D eigenvalue weighted by Gasteiger charge is 2.07. The number of anilines is 1. The molecule has 1 aromatic rings. The van der Waals surface area contributed by atoms with Crippen LogP contribution in [-0.4, -0.2) is 42.9 Å². The number of amides is 2. The van der Waals surface area contributed by atoms with E-state index in [1.54, 1.807) is 24.3 Å². The van der Waals surface area contributed by atoms with E-state index in [2.05, 4.69) is 29.4 Å². The van der Waals surface area contributed by atoms with E-state index in [1.165, 1.54) is 0 Å². The number of nitrogens with zero attached hydrogens (tertiary/aromatic N) is 1. The number of carbonyl (C=O) groups excluding carboxylic acids is 2. The SMILES string of the molecule is CCCC(=O)Nc1ccc(C(=O)NCCN(CC)CC)cc1.Cl. The van der Waals surface area contributed by atoms with E-state index >= 15 is 0 Å². The summed E-state index contributed by atoms with van der Waals surface area (Å²) in [5.41, 5.74) is 1.33. The van der Waals surface area contributed by atoms with Crippen molar-refractivity contribution in [3.63, 3.8) is 0 Å². The van der Waals surface area contributed by atoms with E-state index in [-0.39, 0.29) is 24.2 Å². The van der Waals surface area contributed by atoms with Gasteiger partial charge in [0.1, 0.15) is 0 Å². The van der Waals surface area contributed by atoms with Crippen LogP contribution in [0.2, 0.25) is 0 Å². The summed E-state index contributed by atoms with van der Waals surface area (Å²) in [5, 5.41) is 5.72. The Bertz CT molecular complexity index is 473. The molecule has 0 radical (unpaired) electrons. The Hall–Kier alpha value is -1.59. The van der Waals surface area contributed by atoms with Crippen LogP contribution in [0.15, 0.2) is 24.3 Å². The maximum atomic E-state index is 12.0. The zero-order valence-electron chi connectivity index (χ0n) is 14.2. The third-order valence-electron chi connectivity index (χ3n) is 3.52. The summed E-state index contributed by atoms with van der Waals surface area (Å²) in [6.45, 7) is 9.63. The zero-order chi connectivity index (χ0) is 16.4. The van der Waals surface area contributed by atoms with Gasteiger partial charge in [0.25, 0.3) is 5.91 Å². The number of likely N-dealkylation sites (N-methyl/N-ethyl adjacent to an activating group) is 1. The quantitative estimate of drug-likeness (QED) is 0.726. The largest absolute Gasteiger partial charge is 0.351 e. The van der Waals surface area contributed by atoms with Crippen LogP contribution in [0.1, 0.15) is 44.0 Å². The third-order valence-corrected chi connectivity index (χ3v) is 3.52. The van der Waals surface area contributed by atoms with E-state index in [0.29, 0.717) is 18.5 Å². The lowest BCUT2D eigenvalue weighted by atomic mass is 10.2. The van der Waals surface area contributed by atoms with Gasteiger partial charge in [-0.2, -0.15) is 0 Å². The first-order chi connectivity index (χ1) is 10.6. The maximum absolute atomic E-state index is 12.0. The Morgan fingerprint density at radius 1 is 1.04 bits per heavy atom. The van der Waals surface area contributed by atoms with E-state index in [1.807, 2.05) is 6.92 Å². The lowest BCUT2D eigenvalue weighted by Crippen LogP contribution is -2.34. The van der Waals surface area contributed by atoms with Crippen LogP contribution in [0, 0.1) is 0 Å². The van der Waals surface area contributed by atoms with E-state index in [4.69, 9.17) is 0 Å². The normalized spacial score (nSPS) is 10.1. The van der Waals surface area contributed by atoms with Crippen molar-refractivity contribution in [2.45, 2.75) is 33.6 Å². The van der Waals surface area contributed by atoms with E-state index in [9.17, 15) is 9.59 Å². The molecule has 1 rings (SSSR count). The van der Waals surface area contributed by atoms with E-state index in [0.717, 1.165) is 31.7 Å². The topological polar surface area (TPSA) is 61.4 Å². The molecule has 0 spiro atoms. The van der Waals surface area contributed by atoms with Crippen LogP contribution in [0.4, 0.5) is 5.69 Å². The highest BCUT2D eigenvalue weighted by molar-refractivity contribution is 5.95. The molecule has 0 aliphatic rings. The molecule has 0 heterocycles. The number of rotatable bonds is 9. The van der Waals surface area contributed by atoms with Crippen molar-refractivity contribution in [2.24, 2.45) is 0 Å². The summed E-state index contributed by atoms with van der Waals surface area (Å²) in [5.74, 6) is -0.0856. The summed E-state index contributed by atoms with van der Waals surface area (Å²) in [6.07, 6.45) is 1.33. The molecular weight excluding hydrogens is 314 g/mol.